The molecule has 104 valence electrons. The zero-order valence-electron chi connectivity index (χ0n) is 9.95. The van der Waals surface area contributed by atoms with E-state index in [1.54, 1.807) is 0 Å². The summed E-state index contributed by atoms with van der Waals surface area (Å²) in [6.45, 7) is 0. The highest BCUT2D eigenvalue weighted by molar-refractivity contribution is 6.39. The molecule has 0 saturated heterocycles. The van der Waals surface area contributed by atoms with Crippen LogP contribution in [0, 0.1) is 5.82 Å². The number of carboxylic acid groups (broad SMARTS) is 1. The van der Waals surface area contributed by atoms with Crippen LogP contribution in [0.5, 0.6) is 0 Å². The van der Waals surface area contributed by atoms with Gasteiger partial charge in [0.2, 0.25) is 0 Å². The molecule has 0 fully saturated rings. The third-order valence-corrected chi connectivity index (χ3v) is 3.16. The molecule has 0 aromatic heterocycles. The highest BCUT2D eigenvalue weighted by Gasteiger charge is 2.11. The van der Waals surface area contributed by atoms with Crippen LogP contribution in [0.4, 0.5) is 21.5 Å². The Labute approximate surface area is 123 Å². The second-order valence-electron chi connectivity index (χ2n) is 3.98. The number of benzene rings is 2. The van der Waals surface area contributed by atoms with Gasteiger partial charge in [0.25, 0.3) is 0 Å². The number of hydrogen-bond donors (Lipinski definition) is 3. The zero-order chi connectivity index (χ0) is 14.9. The minimum atomic E-state index is -1.08. The van der Waals surface area contributed by atoms with Crippen LogP contribution < -0.4 is 11.1 Å². The van der Waals surface area contributed by atoms with Crippen molar-refractivity contribution in [3.05, 3.63) is 51.8 Å². The van der Waals surface area contributed by atoms with Gasteiger partial charge in [0.15, 0.2) is 0 Å². The maximum absolute atomic E-state index is 13.1. The summed E-state index contributed by atoms with van der Waals surface area (Å²) < 4.78 is 13.1. The molecule has 0 unspecified atom stereocenters. The molecule has 0 aliphatic rings. The number of halogens is 3. The van der Waals surface area contributed by atoms with Crippen LogP contribution in [0.15, 0.2) is 30.3 Å². The lowest BCUT2D eigenvalue weighted by atomic mass is 10.1. The van der Waals surface area contributed by atoms with Crippen molar-refractivity contribution in [2.45, 2.75) is 0 Å². The normalized spacial score (nSPS) is 10.3. The maximum atomic E-state index is 13.1. The molecular formula is C13H9Cl2FN2O2. The molecule has 2 aromatic carbocycles. The predicted octanol–water partition coefficient (Wildman–Crippen LogP) is 4.16. The molecule has 2 aromatic rings. The molecule has 0 saturated carbocycles. The largest absolute Gasteiger partial charge is 0.478 e. The van der Waals surface area contributed by atoms with Gasteiger partial charge in [0.05, 0.1) is 32.7 Å². The van der Waals surface area contributed by atoms with Crippen molar-refractivity contribution >= 4 is 46.2 Å². The fraction of sp³-hybridized carbons (Fsp3) is 0. The fourth-order valence-electron chi connectivity index (χ4n) is 1.61. The van der Waals surface area contributed by atoms with Crippen molar-refractivity contribution in [2.75, 3.05) is 11.1 Å². The SMILES string of the molecule is Nc1cc(C(=O)O)ccc1Nc1c(Cl)cc(F)cc1Cl. The Hall–Kier alpha value is -1.98. The molecule has 0 atom stereocenters. The number of anilines is 3. The van der Waals surface area contributed by atoms with E-state index in [1.807, 2.05) is 0 Å². The van der Waals surface area contributed by atoms with Crippen molar-refractivity contribution in [1.82, 2.24) is 0 Å². The van der Waals surface area contributed by atoms with Crippen molar-refractivity contribution in [3.8, 4) is 0 Å². The quantitative estimate of drug-likeness (QED) is 0.744. The van der Waals surface area contributed by atoms with Crippen LogP contribution in [0.25, 0.3) is 0 Å². The van der Waals surface area contributed by atoms with Crippen LogP contribution in [-0.2, 0) is 0 Å². The van der Waals surface area contributed by atoms with Gasteiger partial charge in [-0.15, -0.1) is 0 Å². The summed E-state index contributed by atoms with van der Waals surface area (Å²) in [4.78, 5) is 10.8. The number of nitrogen functional groups attached to an aromatic ring is 1. The molecule has 0 bridgehead atoms. The Balaban J connectivity index is 2.38. The molecule has 0 radical (unpaired) electrons. The summed E-state index contributed by atoms with van der Waals surface area (Å²) in [5.41, 5.74) is 6.74. The predicted molar refractivity (Wildman–Crippen MR) is 77.5 cm³/mol. The standard InChI is InChI=1S/C13H9Cl2FN2O2/c14-8-4-7(16)5-9(15)12(8)18-11-2-1-6(13(19)20)3-10(11)17/h1-5,18H,17H2,(H,19,20). The van der Waals surface area contributed by atoms with E-state index in [0.717, 1.165) is 12.1 Å². The van der Waals surface area contributed by atoms with Crippen molar-refractivity contribution in [3.63, 3.8) is 0 Å². The molecule has 0 heterocycles. The van der Waals surface area contributed by atoms with Gasteiger partial charge in [-0.2, -0.15) is 0 Å². The summed E-state index contributed by atoms with van der Waals surface area (Å²) >= 11 is 11.8. The Kier molecular flexibility index (Phi) is 4.01. The number of rotatable bonds is 3. The molecule has 0 aliphatic carbocycles. The van der Waals surface area contributed by atoms with Crippen LogP contribution in [0.1, 0.15) is 10.4 Å². The second kappa shape index (κ2) is 5.56. The molecule has 7 heteroatoms. The lowest BCUT2D eigenvalue weighted by Crippen LogP contribution is -2.02. The van der Waals surface area contributed by atoms with Gasteiger partial charge in [-0.05, 0) is 30.3 Å². The van der Waals surface area contributed by atoms with E-state index in [9.17, 15) is 9.18 Å². The van der Waals surface area contributed by atoms with Gasteiger partial charge in [-0.25, -0.2) is 9.18 Å². The van der Waals surface area contributed by atoms with E-state index >= 15 is 0 Å². The van der Waals surface area contributed by atoms with Gasteiger partial charge in [-0.3, -0.25) is 0 Å². The monoisotopic (exact) mass is 314 g/mol. The van der Waals surface area contributed by atoms with E-state index in [0.29, 0.717) is 11.4 Å². The van der Waals surface area contributed by atoms with Crippen LogP contribution in [0.2, 0.25) is 10.0 Å². The van der Waals surface area contributed by atoms with Gasteiger partial charge in [0.1, 0.15) is 5.82 Å². The molecule has 4 nitrogen and oxygen atoms in total. The van der Waals surface area contributed by atoms with E-state index in [1.165, 1.54) is 18.2 Å². The Morgan fingerprint density at radius 2 is 1.80 bits per heavy atom. The van der Waals surface area contributed by atoms with E-state index in [4.69, 9.17) is 34.0 Å². The Morgan fingerprint density at radius 1 is 1.20 bits per heavy atom. The first-order chi connectivity index (χ1) is 9.38. The number of carboxylic acids is 1. The molecule has 4 N–H and O–H groups in total. The number of carbonyl (C=O) groups is 1. The summed E-state index contributed by atoms with van der Waals surface area (Å²) in [5, 5.41) is 11.9. The van der Waals surface area contributed by atoms with Crippen molar-refractivity contribution < 1.29 is 14.3 Å². The Bertz CT molecular complexity index is 669. The molecule has 2 rings (SSSR count). The van der Waals surface area contributed by atoms with E-state index in [2.05, 4.69) is 5.32 Å². The first-order valence-electron chi connectivity index (χ1n) is 5.43. The lowest BCUT2D eigenvalue weighted by molar-refractivity contribution is 0.0697. The first kappa shape index (κ1) is 14.4. The molecular weight excluding hydrogens is 306 g/mol. The highest BCUT2D eigenvalue weighted by atomic mass is 35.5. The second-order valence-corrected chi connectivity index (χ2v) is 4.79. The topological polar surface area (TPSA) is 75.4 Å². The lowest BCUT2D eigenvalue weighted by Gasteiger charge is -2.13. The average Bonchev–Trinajstić information content (AvgIpc) is 2.34. The van der Waals surface area contributed by atoms with Gasteiger partial charge in [0, 0.05) is 0 Å². The number of hydrogen-bond acceptors (Lipinski definition) is 3. The summed E-state index contributed by atoms with van der Waals surface area (Å²) in [6.07, 6.45) is 0. The summed E-state index contributed by atoms with van der Waals surface area (Å²) in [7, 11) is 0. The highest BCUT2D eigenvalue weighted by Crippen LogP contribution is 2.35. The summed E-state index contributed by atoms with van der Waals surface area (Å²) in [6, 6.07) is 6.38. The number of aromatic carboxylic acids is 1. The van der Waals surface area contributed by atoms with Crippen LogP contribution in [0.3, 0.4) is 0 Å². The van der Waals surface area contributed by atoms with Crippen LogP contribution in [-0.4, -0.2) is 11.1 Å². The molecule has 20 heavy (non-hydrogen) atoms. The van der Waals surface area contributed by atoms with Crippen LogP contribution >= 0.6 is 23.2 Å². The minimum absolute atomic E-state index is 0.0596. The van der Waals surface area contributed by atoms with Crippen molar-refractivity contribution in [1.29, 1.82) is 0 Å². The van der Waals surface area contributed by atoms with Gasteiger partial charge < -0.3 is 16.2 Å². The first-order valence-corrected chi connectivity index (χ1v) is 6.18. The number of nitrogens with two attached hydrogens (primary N) is 1. The van der Waals surface area contributed by atoms with E-state index in [-0.39, 0.29) is 21.3 Å². The molecule has 0 amide bonds. The number of nitrogens with one attached hydrogen (secondary N) is 1. The van der Waals surface area contributed by atoms with Gasteiger partial charge in [-0.1, -0.05) is 23.2 Å². The van der Waals surface area contributed by atoms with Gasteiger partial charge >= 0.3 is 5.97 Å². The van der Waals surface area contributed by atoms with Crippen molar-refractivity contribution in [2.24, 2.45) is 0 Å². The average molecular weight is 315 g/mol. The third kappa shape index (κ3) is 2.95. The Morgan fingerprint density at radius 3 is 2.30 bits per heavy atom. The summed E-state index contributed by atoms with van der Waals surface area (Å²) in [5.74, 6) is -1.64. The third-order valence-electron chi connectivity index (χ3n) is 2.57. The smallest absolute Gasteiger partial charge is 0.335 e. The minimum Gasteiger partial charge on any atom is -0.478 e. The van der Waals surface area contributed by atoms with E-state index < -0.39 is 11.8 Å². The molecule has 0 spiro atoms. The maximum Gasteiger partial charge on any atom is 0.335 e. The zero-order valence-corrected chi connectivity index (χ0v) is 11.5. The molecule has 0 aliphatic heterocycles. The fourth-order valence-corrected chi connectivity index (χ4v) is 2.16.